The van der Waals surface area contributed by atoms with Crippen molar-refractivity contribution in [3.8, 4) is 0 Å². The van der Waals surface area contributed by atoms with Gasteiger partial charge in [-0.1, -0.05) is 45.0 Å². The molecule has 1 heterocycles. The maximum atomic E-state index is 12.8. The fourth-order valence-electron chi connectivity index (χ4n) is 3.47. The van der Waals surface area contributed by atoms with Gasteiger partial charge in [0.1, 0.15) is 5.54 Å². The highest BCUT2D eigenvalue weighted by Crippen LogP contribution is 2.26. The molecule has 28 heavy (non-hydrogen) atoms. The number of rotatable bonds is 9. The second-order valence-corrected chi connectivity index (χ2v) is 10.0. The Labute approximate surface area is 167 Å². The molecule has 8 nitrogen and oxygen atoms in total. The maximum Gasteiger partial charge on any atom is 0.255 e. The lowest BCUT2D eigenvalue weighted by atomic mass is 9.91. The van der Waals surface area contributed by atoms with E-state index in [1.807, 2.05) is 32.9 Å². The van der Waals surface area contributed by atoms with Crippen LogP contribution in [0.4, 0.5) is 0 Å². The molecule has 4 N–H and O–H groups in total. The van der Waals surface area contributed by atoms with Crippen LogP contribution in [0.15, 0.2) is 24.3 Å². The van der Waals surface area contributed by atoms with Gasteiger partial charge in [0.2, 0.25) is 10.0 Å². The second kappa shape index (κ2) is 8.59. The molecule has 1 amide bonds. The number of benzene rings is 1. The van der Waals surface area contributed by atoms with Crippen LogP contribution in [0.5, 0.6) is 0 Å². The van der Waals surface area contributed by atoms with Crippen LogP contribution in [0.25, 0.3) is 0 Å². The minimum absolute atomic E-state index is 0.0168. The minimum Gasteiger partial charge on any atom is -0.342 e. The van der Waals surface area contributed by atoms with Gasteiger partial charge in [-0.05, 0) is 36.8 Å². The summed E-state index contributed by atoms with van der Waals surface area (Å²) in [5, 5.41) is 11.2. The predicted molar refractivity (Wildman–Crippen MR) is 110 cm³/mol. The molecule has 0 aromatic heterocycles. The Balaban J connectivity index is 2.05. The Bertz CT molecular complexity index is 822. The van der Waals surface area contributed by atoms with Crippen LogP contribution in [0, 0.1) is 11.3 Å². The fourth-order valence-corrected chi connectivity index (χ4v) is 4.57. The number of nitrogens with two attached hydrogens (primary N) is 1. The van der Waals surface area contributed by atoms with Crippen molar-refractivity contribution in [2.24, 2.45) is 11.8 Å². The highest BCUT2D eigenvalue weighted by Gasteiger charge is 2.45. The average molecular weight is 410 g/mol. The smallest absolute Gasteiger partial charge is 0.255 e. The highest BCUT2D eigenvalue weighted by atomic mass is 32.2. The van der Waals surface area contributed by atoms with Crippen molar-refractivity contribution in [1.82, 2.24) is 14.6 Å². The van der Waals surface area contributed by atoms with Crippen LogP contribution in [0.2, 0.25) is 0 Å². The summed E-state index contributed by atoms with van der Waals surface area (Å²) in [6, 6.07) is 7.24. The summed E-state index contributed by atoms with van der Waals surface area (Å²) in [4.78, 5) is 14.2. The van der Waals surface area contributed by atoms with Gasteiger partial charge in [0.15, 0.2) is 5.96 Å². The van der Waals surface area contributed by atoms with Crippen LogP contribution in [0.3, 0.4) is 0 Å². The molecule has 0 saturated carbocycles. The molecule has 1 aromatic carbocycles. The SMILES string of the molecule is CCCS(=O)(=O)N(N)Cc1ccc(CN2C(=N)NC(C)(CC(C)C)C2=O)cc1. The van der Waals surface area contributed by atoms with E-state index in [2.05, 4.69) is 5.32 Å². The Morgan fingerprint density at radius 2 is 1.82 bits per heavy atom. The lowest BCUT2D eigenvalue weighted by Crippen LogP contribution is -2.44. The lowest BCUT2D eigenvalue weighted by molar-refractivity contribution is -0.131. The monoisotopic (exact) mass is 409 g/mol. The molecule has 1 saturated heterocycles. The van der Waals surface area contributed by atoms with E-state index in [0.717, 1.165) is 15.5 Å². The van der Waals surface area contributed by atoms with E-state index in [0.29, 0.717) is 25.3 Å². The van der Waals surface area contributed by atoms with E-state index >= 15 is 0 Å². The Hall–Kier alpha value is -1.97. The van der Waals surface area contributed by atoms with Gasteiger partial charge in [0.05, 0.1) is 18.8 Å². The number of amides is 1. The largest absolute Gasteiger partial charge is 0.342 e. The molecule has 0 bridgehead atoms. The fraction of sp³-hybridized carbons (Fsp3) is 0.579. The van der Waals surface area contributed by atoms with Gasteiger partial charge < -0.3 is 5.32 Å². The normalized spacial score (nSPS) is 20.3. The standard InChI is InChI=1S/C19H31N5O3S/c1-5-10-28(26,27)24(21)13-16-8-6-15(7-9-16)12-23-17(25)19(4,11-14(2)3)22-18(23)20/h6-9,14H,5,10-13,21H2,1-4H3,(H2,20,22). The molecular formula is C19H31N5O3S. The highest BCUT2D eigenvalue weighted by molar-refractivity contribution is 7.89. The molecule has 0 aliphatic carbocycles. The maximum absolute atomic E-state index is 12.8. The number of guanidine groups is 1. The van der Waals surface area contributed by atoms with Crippen molar-refractivity contribution in [3.63, 3.8) is 0 Å². The molecule has 1 aliphatic rings. The van der Waals surface area contributed by atoms with E-state index in [4.69, 9.17) is 11.3 Å². The van der Waals surface area contributed by atoms with Gasteiger partial charge in [0.25, 0.3) is 5.91 Å². The van der Waals surface area contributed by atoms with Crippen molar-refractivity contribution >= 4 is 21.9 Å². The van der Waals surface area contributed by atoms with Crippen LogP contribution >= 0.6 is 0 Å². The van der Waals surface area contributed by atoms with Gasteiger partial charge in [-0.25, -0.2) is 8.42 Å². The number of carbonyl (C=O) groups excluding carboxylic acids is 1. The lowest BCUT2D eigenvalue weighted by Gasteiger charge is -2.24. The molecule has 0 spiro atoms. The summed E-state index contributed by atoms with van der Waals surface area (Å²) < 4.78 is 24.8. The number of carbonyl (C=O) groups is 1. The van der Waals surface area contributed by atoms with Gasteiger partial charge in [-0.3, -0.25) is 20.9 Å². The van der Waals surface area contributed by atoms with Crippen molar-refractivity contribution < 1.29 is 13.2 Å². The van der Waals surface area contributed by atoms with Crippen LogP contribution in [0.1, 0.15) is 51.7 Å². The first-order valence-electron chi connectivity index (χ1n) is 9.50. The molecule has 2 rings (SSSR count). The molecule has 1 aromatic rings. The van der Waals surface area contributed by atoms with Crippen molar-refractivity contribution in [1.29, 1.82) is 5.41 Å². The van der Waals surface area contributed by atoms with E-state index in [-0.39, 0.29) is 24.2 Å². The zero-order valence-electron chi connectivity index (χ0n) is 17.0. The Morgan fingerprint density at radius 1 is 1.25 bits per heavy atom. The first kappa shape index (κ1) is 22.3. The number of hydrogen-bond acceptors (Lipinski definition) is 5. The Morgan fingerprint density at radius 3 is 2.36 bits per heavy atom. The topological polar surface area (TPSA) is 120 Å². The van der Waals surface area contributed by atoms with Gasteiger partial charge in [0, 0.05) is 0 Å². The van der Waals surface area contributed by atoms with E-state index in [1.54, 1.807) is 19.1 Å². The molecule has 1 aliphatic heterocycles. The third kappa shape index (κ3) is 5.09. The predicted octanol–water partition coefficient (Wildman–Crippen LogP) is 1.77. The summed E-state index contributed by atoms with van der Waals surface area (Å²) in [6.45, 7) is 8.10. The number of sulfonamides is 1. The average Bonchev–Trinajstić information content (AvgIpc) is 2.78. The third-order valence-electron chi connectivity index (χ3n) is 4.72. The van der Waals surface area contributed by atoms with Crippen LogP contribution < -0.4 is 11.2 Å². The van der Waals surface area contributed by atoms with E-state index in [9.17, 15) is 13.2 Å². The second-order valence-electron chi connectivity index (χ2n) is 7.97. The molecular weight excluding hydrogens is 378 g/mol. The Kier molecular flexibility index (Phi) is 6.84. The number of nitrogens with one attached hydrogen (secondary N) is 2. The van der Waals surface area contributed by atoms with Crippen molar-refractivity contribution in [3.05, 3.63) is 35.4 Å². The summed E-state index contributed by atoms with van der Waals surface area (Å²) in [5.41, 5.74) is 0.868. The van der Waals surface area contributed by atoms with Crippen molar-refractivity contribution in [2.45, 2.75) is 59.2 Å². The summed E-state index contributed by atoms with van der Waals surface area (Å²) in [6.07, 6.45) is 1.16. The van der Waals surface area contributed by atoms with E-state index < -0.39 is 15.6 Å². The zero-order chi connectivity index (χ0) is 21.1. The number of nitrogens with zero attached hydrogens (tertiary/aromatic N) is 2. The molecule has 0 radical (unpaired) electrons. The molecule has 156 valence electrons. The summed E-state index contributed by atoms with van der Waals surface area (Å²) >= 11 is 0. The number of hydrazine groups is 1. The molecule has 1 atom stereocenters. The summed E-state index contributed by atoms with van der Waals surface area (Å²) in [5.74, 6) is 6.05. The molecule has 1 unspecified atom stereocenters. The zero-order valence-corrected chi connectivity index (χ0v) is 17.8. The van der Waals surface area contributed by atoms with Gasteiger partial charge >= 0.3 is 0 Å². The minimum atomic E-state index is -3.45. The third-order valence-corrected chi connectivity index (χ3v) is 6.49. The van der Waals surface area contributed by atoms with Gasteiger partial charge in [-0.2, -0.15) is 0 Å². The first-order valence-corrected chi connectivity index (χ1v) is 11.1. The number of hydrogen-bond donors (Lipinski definition) is 3. The summed E-state index contributed by atoms with van der Waals surface area (Å²) in [7, 11) is -3.45. The van der Waals surface area contributed by atoms with Crippen LogP contribution in [-0.4, -0.2) is 40.9 Å². The van der Waals surface area contributed by atoms with E-state index in [1.165, 1.54) is 4.90 Å². The van der Waals surface area contributed by atoms with Crippen LogP contribution in [-0.2, 0) is 27.9 Å². The quantitative estimate of drug-likeness (QED) is 0.424. The van der Waals surface area contributed by atoms with Crippen molar-refractivity contribution in [2.75, 3.05) is 5.75 Å². The van der Waals surface area contributed by atoms with Gasteiger partial charge in [-0.15, -0.1) is 4.41 Å². The molecule has 1 fully saturated rings. The first-order chi connectivity index (χ1) is 13.0. The molecule has 9 heteroatoms.